The fraction of sp³-hybridized carbons (Fsp3) is 0.200. The predicted molar refractivity (Wildman–Crippen MR) is 52.9 cm³/mol. The zero-order valence-electron chi connectivity index (χ0n) is 8.21. The van der Waals surface area contributed by atoms with Gasteiger partial charge in [0.1, 0.15) is 0 Å². The molecule has 2 rings (SSSR count). The van der Waals surface area contributed by atoms with E-state index in [2.05, 4.69) is 4.98 Å². The first-order valence-corrected chi connectivity index (χ1v) is 4.65. The van der Waals surface area contributed by atoms with E-state index in [0.29, 0.717) is 0 Å². The van der Waals surface area contributed by atoms with Crippen molar-refractivity contribution in [2.24, 2.45) is 0 Å². The summed E-state index contributed by atoms with van der Waals surface area (Å²) in [6, 6.07) is 2.89. The van der Waals surface area contributed by atoms with E-state index in [0.717, 1.165) is 4.90 Å². The van der Waals surface area contributed by atoms with Crippen molar-refractivity contribution in [3.05, 3.63) is 24.0 Å². The number of aromatic nitrogens is 1. The topological polar surface area (TPSA) is 87.6 Å². The molecule has 1 aliphatic heterocycles. The Balaban J connectivity index is 2.51. The molecular formula is C10H8N2O4. The first-order valence-electron chi connectivity index (χ1n) is 4.65. The number of carboxylic acids is 1. The molecule has 1 saturated heterocycles. The lowest BCUT2D eigenvalue weighted by Crippen LogP contribution is -2.30. The summed E-state index contributed by atoms with van der Waals surface area (Å²) >= 11 is 0. The van der Waals surface area contributed by atoms with Crippen molar-refractivity contribution in [1.29, 1.82) is 0 Å². The maximum absolute atomic E-state index is 11.4. The lowest BCUT2D eigenvalue weighted by Gasteiger charge is -2.14. The van der Waals surface area contributed by atoms with E-state index in [1.165, 1.54) is 18.3 Å². The normalized spacial score (nSPS) is 15.6. The highest BCUT2D eigenvalue weighted by atomic mass is 16.4. The van der Waals surface area contributed by atoms with Crippen LogP contribution in [0.5, 0.6) is 0 Å². The molecule has 0 radical (unpaired) electrons. The summed E-state index contributed by atoms with van der Waals surface area (Å²) in [7, 11) is 0. The van der Waals surface area contributed by atoms with Crippen LogP contribution in [0.15, 0.2) is 18.3 Å². The van der Waals surface area contributed by atoms with Gasteiger partial charge in [0.25, 0.3) is 0 Å². The van der Waals surface area contributed by atoms with E-state index in [1.54, 1.807) is 0 Å². The van der Waals surface area contributed by atoms with Gasteiger partial charge in [-0.15, -0.1) is 0 Å². The van der Waals surface area contributed by atoms with Gasteiger partial charge >= 0.3 is 5.97 Å². The van der Waals surface area contributed by atoms with Gasteiger partial charge in [-0.3, -0.25) is 9.59 Å². The van der Waals surface area contributed by atoms with Crippen molar-refractivity contribution in [3.8, 4) is 0 Å². The summed E-state index contributed by atoms with van der Waals surface area (Å²) in [6.07, 6.45) is 1.54. The Hall–Kier alpha value is -2.24. The van der Waals surface area contributed by atoms with E-state index in [4.69, 9.17) is 5.11 Å². The Morgan fingerprint density at radius 3 is 2.50 bits per heavy atom. The van der Waals surface area contributed by atoms with E-state index in [1.807, 2.05) is 0 Å². The lowest BCUT2D eigenvalue weighted by molar-refractivity contribution is -0.121. The Bertz CT molecular complexity index is 467. The summed E-state index contributed by atoms with van der Waals surface area (Å²) in [5.74, 6) is -2.04. The van der Waals surface area contributed by atoms with Gasteiger partial charge in [0.05, 0.1) is 5.69 Å². The Morgan fingerprint density at radius 2 is 1.94 bits per heavy atom. The van der Waals surface area contributed by atoms with Crippen LogP contribution in [0.1, 0.15) is 23.3 Å². The van der Waals surface area contributed by atoms with E-state index < -0.39 is 5.97 Å². The first kappa shape index (κ1) is 10.3. The van der Waals surface area contributed by atoms with Crippen LogP contribution >= 0.6 is 0 Å². The second-order valence-corrected chi connectivity index (χ2v) is 3.30. The third kappa shape index (κ3) is 1.54. The number of anilines is 1. The number of aromatic carboxylic acids is 1. The highest BCUT2D eigenvalue weighted by molar-refractivity contribution is 6.21. The molecule has 1 aromatic heterocycles. The minimum atomic E-state index is -1.26. The number of carboxylic acid groups (broad SMARTS) is 1. The SMILES string of the molecule is O=C(O)c1ncccc1N1C(=O)CCC1=O. The van der Waals surface area contributed by atoms with Gasteiger partial charge in [-0.05, 0) is 12.1 Å². The lowest BCUT2D eigenvalue weighted by atomic mass is 10.2. The quantitative estimate of drug-likeness (QED) is 0.730. The second kappa shape index (κ2) is 3.73. The fourth-order valence-corrected chi connectivity index (χ4v) is 1.59. The maximum Gasteiger partial charge on any atom is 0.356 e. The van der Waals surface area contributed by atoms with Crippen molar-refractivity contribution in [2.45, 2.75) is 12.8 Å². The van der Waals surface area contributed by atoms with Crippen LogP contribution in [0.4, 0.5) is 5.69 Å². The Labute approximate surface area is 90.5 Å². The molecule has 1 aromatic rings. The largest absolute Gasteiger partial charge is 0.476 e. The van der Waals surface area contributed by atoms with Gasteiger partial charge in [-0.25, -0.2) is 14.7 Å². The highest BCUT2D eigenvalue weighted by Gasteiger charge is 2.33. The van der Waals surface area contributed by atoms with Gasteiger partial charge in [-0.2, -0.15) is 0 Å². The van der Waals surface area contributed by atoms with Gasteiger partial charge in [0.2, 0.25) is 11.8 Å². The molecular weight excluding hydrogens is 212 g/mol. The molecule has 0 bridgehead atoms. The highest BCUT2D eigenvalue weighted by Crippen LogP contribution is 2.24. The molecule has 0 aliphatic carbocycles. The van der Waals surface area contributed by atoms with E-state index in [9.17, 15) is 14.4 Å². The third-order valence-electron chi connectivity index (χ3n) is 2.28. The summed E-state index contributed by atoms with van der Waals surface area (Å²) in [5, 5.41) is 8.89. The zero-order valence-corrected chi connectivity index (χ0v) is 8.21. The number of carbonyl (C=O) groups excluding carboxylic acids is 2. The minimum Gasteiger partial charge on any atom is -0.476 e. The van der Waals surface area contributed by atoms with Crippen LogP contribution < -0.4 is 4.90 Å². The maximum atomic E-state index is 11.4. The minimum absolute atomic E-state index is 0.0440. The molecule has 0 spiro atoms. The number of rotatable bonds is 2. The smallest absolute Gasteiger partial charge is 0.356 e. The van der Waals surface area contributed by atoms with Crippen LogP contribution in [-0.4, -0.2) is 27.9 Å². The van der Waals surface area contributed by atoms with Gasteiger partial charge < -0.3 is 5.11 Å². The number of amides is 2. The number of nitrogens with zero attached hydrogens (tertiary/aromatic N) is 2. The van der Waals surface area contributed by atoms with Gasteiger partial charge in [0.15, 0.2) is 5.69 Å². The van der Waals surface area contributed by atoms with Crippen LogP contribution in [0.3, 0.4) is 0 Å². The van der Waals surface area contributed by atoms with Crippen molar-refractivity contribution < 1.29 is 19.5 Å². The van der Waals surface area contributed by atoms with Gasteiger partial charge in [-0.1, -0.05) is 0 Å². The summed E-state index contributed by atoms with van der Waals surface area (Å²) in [5.41, 5.74) is -0.242. The summed E-state index contributed by atoms with van der Waals surface area (Å²) in [4.78, 5) is 38.3. The number of pyridine rings is 1. The van der Waals surface area contributed by atoms with Crippen molar-refractivity contribution in [3.63, 3.8) is 0 Å². The fourth-order valence-electron chi connectivity index (χ4n) is 1.59. The summed E-state index contributed by atoms with van der Waals surface area (Å²) < 4.78 is 0. The monoisotopic (exact) mass is 220 g/mol. The molecule has 0 saturated carbocycles. The average Bonchev–Trinajstić information content (AvgIpc) is 2.58. The van der Waals surface area contributed by atoms with Crippen molar-refractivity contribution >= 4 is 23.5 Å². The average molecular weight is 220 g/mol. The molecule has 82 valence electrons. The number of carbonyl (C=O) groups is 3. The predicted octanol–water partition coefficient (Wildman–Crippen LogP) is 0.433. The van der Waals surface area contributed by atoms with Crippen LogP contribution in [0.25, 0.3) is 0 Å². The molecule has 0 unspecified atom stereocenters. The van der Waals surface area contributed by atoms with E-state index in [-0.39, 0.29) is 36.0 Å². The van der Waals surface area contributed by atoms with Crippen LogP contribution in [0, 0.1) is 0 Å². The molecule has 1 N–H and O–H groups in total. The molecule has 0 atom stereocenters. The molecule has 6 nitrogen and oxygen atoms in total. The van der Waals surface area contributed by atoms with Crippen LogP contribution in [0.2, 0.25) is 0 Å². The molecule has 2 heterocycles. The van der Waals surface area contributed by atoms with Crippen molar-refractivity contribution in [2.75, 3.05) is 4.90 Å². The number of hydrogen-bond acceptors (Lipinski definition) is 4. The molecule has 1 fully saturated rings. The van der Waals surface area contributed by atoms with Gasteiger partial charge in [0, 0.05) is 19.0 Å². The number of imide groups is 1. The van der Waals surface area contributed by atoms with Crippen molar-refractivity contribution in [1.82, 2.24) is 4.98 Å². The van der Waals surface area contributed by atoms with Crippen LogP contribution in [-0.2, 0) is 9.59 Å². The summed E-state index contributed by atoms with van der Waals surface area (Å²) in [6.45, 7) is 0. The molecule has 0 aromatic carbocycles. The Morgan fingerprint density at radius 1 is 1.31 bits per heavy atom. The second-order valence-electron chi connectivity index (χ2n) is 3.30. The molecule has 16 heavy (non-hydrogen) atoms. The number of hydrogen-bond donors (Lipinski definition) is 1. The standard InChI is InChI=1S/C10H8N2O4/c13-7-3-4-8(14)12(7)6-2-1-5-11-9(6)10(15)16/h1-2,5H,3-4H2,(H,15,16). The van der Waals surface area contributed by atoms with E-state index >= 15 is 0 Å². The molecule has 2 amide bonds. The Kier molecular flexibility index (Phi) is 2.40. The third-order valence-corrected chi connectivity index (χ3v) is 2.28. The molecule has 6 heteroatoms. The zero-order chi connectivity index (χ0) is 11.7. The molecule has 1 aliphatic rings. The first-order chi connectivity index (χ1) is 7.61.